The van der Waals surface area contributed by atoms with E-state index in [0.29, 0.717) is 6.04 Å². The van der Waals surface area contributed by atoms with Gasteiger partial charge in [-0.25, -0.2) is 0 Å². The zero-order valence-corrected chi connectivity index (χ0v) is 16.8. The molecule has 0 aromatic rings. The molecule has 7 heteroatoms. The molecule has 26 heavy (non-hydrogen) atoms. The number of hydrogen-bond acceptors (Lipinski definition) is 5. The molecule has 0 spiro atoms. The van der Waals surface area contributed by atoms with Gasteiger partial charge in [-0.05, 0) is 19.9 Å². The summed E-state index contributed by atoms with van der Waals surface area (Å²) in [5.74, 6) is 1.11. The van der Waals surface area contributed by atoms with E-state index in [1.165, 1.54) is 39.1 Å². The molecule has 1 unspecified atom stereocenters. The first-order valence-corrected chi connectivity index (χ1v) is 10.6. The predicted octanol–water partition coefficient (Wildman–Crippen LogP) is -0.00410. The maximum Gasteiger partial charge on any atom is 0.194 e. The second-order valence-corrected chi connectivity index (χ2v) is 7.55. The van der Waals surface area contributed by atoms with Crippen molar-refractivity contribution in [2.75, 3.05) is 91.8 Å². The number of likely N-dealkylation sites (tertiary alicyclic amines) is 1. The number of rotatable bonds is 6. The van der Waals surface area contributed by atoms with Crippen LogP contribution in [0.2, 0.25) is 0 Å². The van der Waals surface area contributed by atoms with E-state index in [-0.39, 0.29) is 0 Å². The third-order valence-corrected chi connectivity index (χ3v) is 5.95. The Labute approximate surface area is 159 Å². The minimum Gasteiger partial charge on any atom is -0.379 e. The van der Waals surface area contributed by atoms with Crippen LogP contribution in [-0.2, 0) is 4.74 Å². The number of guanidine groups is 1. The molecule has 0 aliphatic carbocycles. The molecule has 0 bridgehead atoms. The largest absolute Gasteiger partial charge is 0.379 e. The van der Waals surface area contributed by atoms with Crippen molar-refractivity contribution >= 4 is 5.96 Å². The fourth-order valence-electron chi connectivity index (χ4n) is 4.23. The van der Waals surface area contributed by atoms with Crippen LogP contribution in [0, 0.1) is 0 Å². The van der Waals surface area contributed by atoms with Crippen molar-refractivity contribution in [3.8, 4) is 0 Å². The molecule has 1 atom stereocenters. The lowest BCUT2D eigenvalue weighted by Crippen LogP contribution is -2.47. The van der Waals surface area contributed by atoms with Crippen LogP contribution in [0.25, 0.3) is 0 Å². The average molecular weight is 367 g/mol. The van der Waals surface area contributed by atoms with E-state index in [4.69, 9.17) is 9.73 Å². The number of piperazine rings is 1. The summed E-state index contributed by atoms with van der Waals surface area (Å²) in [5, 5.41) is 3.51. The Morgan fingerprint density at radius 1 is 1.00 bits per heavy atom. The van der Waals surface area contributed by atoms with E-state index in [9.17, 15) is 0 Å². The Morgan fingerprint density at radius 2 is 1.73 bits per heavy atom. The van der Waals surface area contributed by atoms with Crippen molar-refractivity contribution in [1.82, 2.24) is 24.9 Å². The van der Waals surface area contributed by atoms with E-state index in [1.807, 2.05) is 0 Å². The van der Waals surface area contributed by atoms with Gasteiger partial charge in [0.25, 0.3) is 0 Å². The quantitative estimate of drug-likeness (QED) is 0.527. The fraction of sp³-hybridized carbons (Fsp3) is 0.947. The highest BCUT2D eigenvalue weighted by Gasteiger charge is 2.30. The molecule has 3 aliphatic heterocycles. The molecule has 3 aliphatic rings. The van der Waals surface area contributed by atoms with Crippen molar-refractivity contribution in [2.45, 2.75) is 26.3 Å². The van der Waals surface area contributed by atoms with Gasteiger partial charge in [-0.1, -0.05) is 6.92 Å². The molecule has 150 valence electrons. The lowest BCUT2D eigenvalue weighted by molar-refractivity contribution is 0.0195. The van der Waals surface area contributed by atoms with Gasteiger partial charge in [0.1, 0.15) is 0 Å². The smallest absolute Gasteiger partial charge is 0.194 e. The van der Waals surface area contributed by atoms with Gasteiger partial charge in [0.15, 0.2) is 5.96 Å². The number of nitrogens with one attached hydrogen (secondary N) is 1. The molecule has 0 amide bonds. The molecule has 0 radical (unpaired) electrons. The van der Waals surface area contributed by atoms with Gasteiger partial charge in [-0.2, -0.15) is 0 Å². The Bertz CT molecular complexity index is 432. The van der Waals surface area contributed by atoms with Gasteiger partial charge < -0.3 is 19.9 Å². The summed E-state index contributed by atoms with van der Waals surface area (Å²) in [7, 11) is 0. The maximum absolute atomic E-state index is 5.50. The third-order valence-electron chi connectivity index (χ3n) is 5.95. The van der Waals surface area contributed by atoms with E-state index in [0.717, 1.165) is 65.0 Å². The Balaban J connectivity index is 1.45. The summed E-state index contributed by atoms with van der Waals surface area (Å²) >= 11 is 0. The molecule has 3 saturated heterocycles. The molecular formula is C19H38N6O. The average Bonchev–Trinajstić information content (AvgIpc) is 3.19. The van der Waals surface area contributed by atoms with Gasteiger partial charge in [0.05, 0.1) is 19.8 Å². The number of morpholine rings is 1. The summed E-state index contributed by atoms with van der Waals surface area (Å²) < 4.78 is 5.50. The van der Waals surface area contributed by atoms with Gasteiger partial charge >= 0.3 is 0 Å². The highest BCUT2D eigenvalue weighted by molar-refractivity contribution is 5.80. The third kappa shape index (κ3) is 5.55. The molecule has 3 heterocycles. The van der Waals surface area contributed by atoms with Gasteiger partial charge in [-0.3, -0.25) is 14.8 Å². The highest BCUT2D eigenvalue weighted by Crippen LogP contribution is 2.17. The van der Waals surface area contributed by atoms with Crippen molar-refractivity contribution in [3.05, 3.63) is 0 Å². The second-order valence-electron chi connectivity index (χ2n) is 7.55. The summed E-state index contributed by atoms with van der Waals surface area (Å²) in [6.45, 7) is 19.4. The molecular weight excluding hydrogens is 328 g/mol. The van der Waals surface area contributed by atoms with Gasteiger partial charge in [0.2, 0.25) is 0 Å². The van der Waals surface area contributed by atoms with Crippen LogP contribution >= 0.6 is 0 Å². The molecule has 3 rings (SSSR count). The first kappa shape index (κ1) is 19.9. The van der Waals surface area contributed by atoms with E-state index < -0.39 is 0 Å². The van der Waals surface area contributed by atoms with E-state index in [1.54, 1.807) is 0 Å². The number of nitrogens with zero attached hydrogens (tertiary/aromatic N) is 5. The zero-order chi connectivity index (χ0) is 18.2. The number of ether oxygens (including phenoxy) is 1. The standard InChI is InChI=1S/C19H38N6O/c1-3-20-19(21-6-8-23-11-9-22(4-2)10-12-23)25-7-5-18(17-25)24-13-15-26-16-14-24/h18H,3-17H2,1-2H3,(H,20,21). The highest BCUT2D eigenvalue weighted by atomic mass is 16.5. The Morgan fingerprint density at radius 3 is 2.42 bits per heavy atom. The monoisotopic (exact) mass is 366 g/mol. The summed E-state index contributed by atoms with van der Waals surface area (Å²) in [6.07, 6.45) is 1.24. The minimum absolute atomic E-state index is 0.657. The van der Waals surface area contributed by atoms with Crippen molar-refractivity contribution in [3.63, 3.8) is 0 Å². The Kier molecular flexibility index (Phi) is 7.98. The van der Waals surface area contributed by atoms with Crippen molar-refractivity contribution in [1.29, 1.82) is 0 Å². The SMILES string of the molecule is CCNC(=NCCN1CCN(CC)CC1)N1CCC(N2CCOCC2)C1. The van der Waals surface area contributed by atoms with Crippen molar-refractivity contribution in [2.24, 2.45) is 4.99 Å². The number of likely N-dealkylation sites (N-methyl/N-ethyl adjacent to an activating group) is 1. The first-order chi connectivity index (χ1) is 12.8. The molecule has 0 aromatic carbocycles. The van der Waals surface area contributed by atoms with E-state index >= 15 is 0 Å². The molecule has 0 aromatic heterocycles. The number of aliphatic imine (C=N–C) groups is 1. The predicted molar refractivity (Wildman–Crippen MR) is 107 cm³/mol. The van der Waals surface area contributed by atoms with Crippen LogP contribution < -0.4 is 5.32 Å². The van der Waals surface area contributed by atoms with Crippen LogP contribution in [0.3, 0.4) is 0 Å². The molecule has 3 fully saturated rings. The van der Waals surface area contributed by atoms with Crippen LogP contribution in [0.5, 0.6) is 0 Å². The minimum atomic E-state index is 0.657. The van der Waals surface area contributed by atoms with Gasteiger partial charge in [0, 0.05) is 71.5 Å². The normalized spacial score (nSPS) is 27.2. The first-order valence-electron chi connectivity index (χ1n) is 10.6. The van der Waals surface area contributed by atoms with Crippen LogP contribution in [0.15, 0.2) is 4.99 Å². The van der Waals surface area contributed by atoms with Crippen LogP contribution in [0.4, 0.5) is 0 Å². The lowest BCUT2D eigenvalue weighted by atomic mass is 10.2. The zero-order valence-electron chi connectivity index (χ0n) is 16.8. The maximum atomic E-state index is 5.50. The summed E-state index contributed by atoms with van der Waals surface area (Å²) in [6, 6.07) is 0.657. The molecule has 1 N–H and O–H groups in total. The topological polar surface area (TPSA) is 46.6 Å². The van der Waals surface area contributed by atoms with E-state index in [2.05, 4.69) is 38.8 Å². The molecule has 7 nitrogen and oxygen atoms in total. The van der Waals surface area contributed by atoms with Crippen LogP contribution in [0.1, 0.15) is 20.3 Å². The Hall–Kier alpha value is -0.890. The number of hydrogen-bond donors (Lipinski definition) is 1. The second kappa shape index (κ2) is 10.4. The van der Waals surface area contributed by atoms with Gasteiger partial charge in [-0.15, -0.1) is 0 Å². The summed E-state index contributed by atoms with van der Waals surface area (Å²) in [5.41, 5.74) is 0. The van der Waals surface area contributed by atoms with Crippen molar-refractivity contribution < 1.29 is 4.74 Å². The molecule has 0 saturated carbocycles. The summed E-state index contributed by atoms with van der Waals surface area (Å²) in [4.78, 5) is 15.1. The van der Waals surface area contributed by atoms with Crippen LogP contribution in [-0.4, -0.2) is 123 Å². The fourth-order valence-corrected chi connectivity index (χ4v) is 4.23. The lowest BCUT2D eigenvalue weighted by Gasteiger charge is -2.33.